The minimum atomic E-state index is -0.826. The molecule has 0 unspecified atom stereocenters. The quantitative estimate of drug-likeness (QED) is 0.105. The molecule has 314 valence electrons. The third-order valence-electron chi connectivity index (χ3n) is 12.8. The van der Waals surface area contributed by atoms with Crippen molar-refractivity contribution >= 4 is 48.1 Å². The second-order valence-corrected chi connectivity index (χ2v) is 22.5. The Morgan fingerprint density at radius 1 is 0.452 bits per heavy atom. The van der Waals surface area contributed by atoms with Gasteiger partial charge < -0.3 is 0 Å². The molecule has 2 aliphatic rings. The van der Waals surface area contributed by atoms with Crippen LogP contribution in [0.3, 0.4) is 0 Å². The average Bonchev–Trinajstić information content (AvgIpc) is 3.87. The number of fused-ring (bicyclic) bond motifs is 2. The van der Waals surface area contributed by atoms with Crippen molar-refractivity contribution in [3.8, 4) is 44.5 Å². The summed E-state index contributed by atoms with van der Waals surface area (Å²) in [6.07, 6.45) is 10.9. The molecular formula is C58H60Cl2SiZr. The molecule has 0 bridgehead atoms. The van der Waals surface area contributed by atoms with Crippen LogP contribution in [0.4, 0.5) is 0 Å². The first-order chi connectivity index (χ1) is 30.2. The number of benzene rings is 6. The zero-order chi connectivity index (χ0) is 43.6. The number of halogens is 2. The number of aryl methyl sites for hydroxylation is 4. The van der Waals surface area contributed by atoms with Gasteiger partial charge in [-0.3, -0.25) is 0 Å². The topological polar surface area (TPSA) is 0 Å². The molecule has 0 aliphatic heterocycles. The molecule has 2 aliphatic carbocycles. The standard InChI is InChI=1S/2C28H27.C2H6Si.2ClH.Zr/c2*1-19-6-10-23(11-7-19)25-14-15-26(24-12-8-20(2)9-13-24)28-18-22(17-27(25)28)16-21-4-3-5-21;1-3-2;;;/h2*6-15,17-18,21H,3-5,16H2,1-2H3;1-2H3;2*1H;/q2*-1;;;;+4/p-2. The number of rotatable bonds is 8. The molecule has 2 saturated carbocycles. The maximum absolute atomic E-state index is 4.93. The Balaban J connectivity index is 0.000000166. The summed E-state index contributed by atoms with van der Waals surface area (Å²) in [5.74, 6) is 1.78. The fourth-order valence-electron chi connectivity index (χ4n) is 8.96. The van der Waals surface area contributed by atoms with Crippen molar-refractivity contribution in [2.45, 2.75) is 92.2 Å². The molecule has 2 radical (unpaired) electrons. The average molecular weight is 947 g/mol. The van der Waals surface area contributed by atoms with Crippen LogP contribution in [-0.4, -0.2) is 9.52 Å². The molecular weight excluding hydrogens is 887 g/mol. The molecule has 0 atom stereocenters. The van der Waals surface area contributed by atoms with Gasteiger partial charge in [-0.25, -0.2) is 0 Å². The van der Waals surface area contributed by atoms with E-state index in [1.807, 2.05) is 0 Å². The summed E-state index contributed by atoms with van der Waals surface area (Å²) in [5, 5.41) is 5.60. The van der Waals surface area contributed by atoms with Gasteiger partial charge in [0.25, 0.3) is 0 Å². The Morgan fingerprint density at radius 3 is 0.968 bits per heavy atom. The van der Waals surface area contributed by atoms with E-state index in [0.717, 1.165) is 21.4 Å². The molecule has 0 nitrogen and oxygen atoms in total. The van der Waals surface area contributed by atoms with Crippen molar-refractivity contribution in [1.82, 2.24) is 0 Å². The van der Waals surface area contributed by atoms with E-state index in [2.05, 4.69) is 186 Å². The van der Waals surface area contributed by atoms with Gasteiger partial charge >= 0.3 is 37.9 Å². The Hall–Kier alpha value is -3.78. The van der Waals surface area contributed by atoms with Gasteiger partial charge in [0.1, 0.15) is 0 Å². The molecule has 10 rings (SSSR count). The van der Waals surface area contributed by atoms with Crippen LogP contribution < -0.4 is 0 Å². The van der Waals surface area contributed by atoms with Crippen molar-refractivity contribution in [2.75, 3.05) is 0 Å². The summed E-state index contributed by atoms with van der Waals surface area (Å²) in [6, 6.07) is 54.9. The fraction of sp³-hybridized carbons (Fsp3) is 0.276. The van der Waals surface area contributed by atoms with Crippen molar-refractivity contribution < 1.29 is 20.8 Å². The van der Waals surface area contributed by atoms with Crippen molar-refractivity contribution in [3.05, 3.63) is 179 Å². The van der Waals surface area contributed by atoms with E-state index >= 15 is 0 Å². The first kappa shape index (κ1) is 46.2. The Labute approximate surface area is 393 Å². The van der Waals surface area contributed by atoms with E-state index < -0.39 is 20.8 Å². The molecule has 62 heavy (non-hydrogen) atoms. The van der Waals surface area contributed by atoms with Gasteiger partial charge in [-0.15, -0.1) is 44.8 Å². The summed E-state index contributed by atoms with van der Waals surface area (Å²) in [6.45, 7) is 12.9. The van der Waals surface area contributed by atoms with Crippen LogP contribution in [0.5, 0.6) is 0 Å². The predicted octanol–water partition coefficient (Wildman–Crippen LogP) is 17.9. The van der Waals surface area contributed by atoms with Crippen LogP contribution in [0.1, 0.15) is 71.9 Å². The SMILES string of the molecule is C[Si]C.Cc1ccc(-c2ccc(-c3ccc(C)cc3)c3[cH-]c(CC4CCC4)cc23)cc1.Cc1ccc(-c2ccc(-c3ccc(C)cc3)c3[cH-]c(CC4CCC4)cc23)cc1.[Cl][Zr+2][Cl]. The summed E-state index contributed by atoms with van der Waals surface area (Å²) in [4.78, 5) is 0. The third kappa shape index (κ3) is 11.5. The van der Waals surface area contributed by atoms with Crippen LogP contribution in [0.15, 0.2) is 146 Å². The van der Waals surface area contributed by atoms with Gasteiger partial charge in [0.05, 0.1) is 0 Å². The molecule has 0 spiro atoms. The van der Waals surface area contributed by atoms with Gasteiger partial charge in [0.15, 0.2) is 0 Å². The second-order valence-electron chi connectivity index (χ2n) is 17.7. The summed E-state index contributed by atoms with van der Waals surface area (Å²) in [7, 11) is 11.0. The molecule has 2 fully saturated rings. The Kier molecular flexibility index (Phi) is 16.6. The van der Waals surface area contributed by atoms with Crippen molar-refractivity contribution in [2.24, 2.45) is 11.8 Å². The van der Waals surface area contributed by atoms with E-state index in [4.69, 9.17) is 17.0 Å². The van der Waals surface area contributed by atoms with E-state index in [9.17, 15) is 0 Å². The molecule has 8 aromatic carbocycles. The molecule has 0 amide bonds. The molecule has 0 aromatic heterocycles. The van der Waals surface area contributed by atoms with Gasteiger partial charge in [0, 0.05) is 9.52 Å². The second kappa shape index (κ2) is 22.2. The predicted molar refractivity (Wildman–Crippen MR) is 271 cm³/mol. The molecule has 0 N–H and O–H groups in total. The van der Waals surface area contributed by atoms with E-state index in [1.165, 1.54) is 151 Å². The van der Waals surface area contributed by atoms with Crippen LogP contribution in [0, 0.1) is 39.5 Å². The maximum atomic E-state index is 4.93. The van der Waals surface area contributed by atoms with E-state index in [-0.39, 0.29) is 0 Å². The van der Waals surface area contributed by atoms with Gasteiger partial charge in [-0.05, 0) is 63.5 Å². The zero-order valence-corrected chi connectivity index (χ0v) is 42.4. The first-order valence-corrected chi connectivity index (χ1v) is 30.8. The van der Waals surface area contributed by atoms with Crippen LogP contribution in [0.25, 0.3) is 66.1 Å². The van der Waals surface area contributed by atoms with Crippen molar-refractivity contribution in [1.29, 1.82) is 0 Å². The minimum absolute atomic E-state index is 0.826. The fourth-order valence-corrected chi connectivity index (χ4v) is 8.96. The molecule has 0 saturated heterocycles. The normalized spacial score (nSPS) is 13.4. The summed E-state index contributed by atoms with van der Waals surface area (Å²) in [5.41, 5.74) is 18.9. The summed E-state index contributed by atoms with van der Waals surface area (Å²) >= 11 is -0.826. The first-order valence-electron chi connectivity index (χ1n) is 22.5. The van der Waals surface area contributed by atoms with Crippen LogP contribution in [0.2, 0.25) is 13.1 Å². The zero-order valence-electron chi connectivity index (χ0n) is 37.4. The van der Waals surface area contributed by atoms with Gasteiger partial charge in [0.2, 0.25) is 0 Å². The number of hydrogen-bond acceptors (Lipinski definition) is 0. The Morgan fingerprint density at radius 2 is 0.710 bits per heavy atom. The van der Waals surface area contributed by atoms with Crippen LogP contribution >= 0.6 is 17.0 Å². The molecule has 0 heterocycles. The molecule has 8 aromatic rings. The monoisotopic (exact) mass is 944 g/mol. The van der Waals surface area contributed by atoms with E-state index in [0.29, 0.717) is 0 Å². The Bertz CT molecular complexity index is 2290. The third-order valence-corrected chi connectivity index (χ3v) is 12.8. The van der Waals surface area contributed by atoms with Gasteiger partial charge in [-0.2, -0.15) is 12.1 Å². The van der Waals surface area contributed by atoms with E-state index in [1.54, 1.807) is 0 Å². The summed E-state index contributed by atoms with van der Waals surface area (Å²) < 4.78 is 0. The van der Waals surface area contributed by atoms with Gasteiger partial charge in [-0.1, -0.05) is 229 Å². The molecule has 4 heteroatoms. The van der Waals surface area contributed by atoms with Crippen molar-refractivity contribution in [3.63, 3.8) is 0 Å². The number of hydrogen-bond donors (Lipinski definition) is 0. The van der Waals surface area contributed by atoms with Crippen LogP contribution in [-0.2, 0) is 33.7 Å².